The molecule has 27 heavy (non-hydrogen) atoms. The molecule has 0 amide bonds. The number of aromatic hydroxyl groups is 2. The van der Waals surface area contributed by atoms with Crippen LogP contribution in [0.5, 0.6) is 11.5 Å². The summed E-state index contributed by atoms with van der Waals surface area (Å²) in [6, 6.07) is 12.4. The van der Waals surface area contributed by atoms with Crippen molar-refractivity contribution in [3.8, 4) is 11.5 Å². The van der Waals surface area contributed by atoms with Gasteiger partial charge >= 0.3 is 0 Å². The monoisotopic (exact) mass is 366 g/mol. The average Bonchev–Trinajstić information content (AvgIpc) is 2.60. The van der Waals surface area contributed by atoms with Crippen molar-refractivity contribution in [3.05, 3.63) is 58.7 Å². The fraction of sp³-hybridized carbons (Fsp3) is 0.520. The highest BCUT2D eigenvalue weighted by molar-refractivity contribution is 5.49. The van der Waals surface area contributed by atoms with E-state index in [4.69, 9.17) is 0 Å². The number of rotatable bonds is 4. The van der Waals surface area contributed by atoms with E-state index in [-0.39, 0.29) is 10.8 Å². The van der Waals surface area contributed by atoms with Crippen molar-refractivity contribution in [2.24, 2.45) is 11.3 Å². The van der Waals surface area contributed by atoms with Gasteiger partial charge in [0, 0.05) is 5.41 Å². The number of aryl methyl sites for hydroxylation is 2. The zero-order chi connectivity index (χ0) is 19.8. The van der Waals surface area contributed by atoms with Gasteiger partial charge in [0.05, 0.1) is 0 Å². The van der Waals surface area contributed by atoms with Crippen molar-refractivity contribution in [2.75, 3.05) is 0 Å². The van der Waals surface area contributed by atoms with Crippen LogP contribution in [-0.2, 0) is 18.3 Å². The quantitative estimate of drug-likeness (QED) is 0.661. The third kappa shape index (κ3) is 3.72. The van der Waals surface area contributed by atoms with Gasteiger partial charge in [0.25, 0.3) is 0 Å². The highest BCUT2D eigenvalue weighted by Gasteiger charge is 2.45. The van der Waals surface area contributed by atoms with E-state index in [0.29, 0.717) is 17.4 Å². The first-order chi connectivity index (χ1) is 12.7. The highest BCUT2D eigenvalue weighted by atomic mass is 16.3. The predicted molar refractivity (Wildman–Crippen MR) is 113 cm³/mol. The van der Waals surface area contributed by atoms with Gasteiger partial charge in [-0.15, -0.1) is 0 Å². The van der Waals surface area contributed by atoms with E-state index in [0.717, 1.165) is 36.8 Å². The molecule has 0 aliphatic heterocycles. The summed E-state index contributed by atoms with van der Waals surface area (Å²) in [7, 11) is 0. The Bertz CT molecular complexity index is 766. The minimum atomic E-state index is -0.0869. The summed E-state index contributed by atoms with van der Waals surface area (Å²) in [6.07, 6.45) is 5.05. The normalized spacial score (nSPS) is 21.1. The molecule has 2 aromatic rings. The van der Waals surface area contributed by atoms with Gasteiger partial charge in [-0.1, -0.05) is 58.9 Å². The third-order valence-corrected chi connectivity index (χ3v) is 6.40. The molecule has 1 fully saturated rings. The van der Waals surface area contributed by atoms with Crippen molar-refractivity contribution in [1.82, 2.24) is 0 Å². The van der Waals surface area contributed by atoms with Crippen molar-refractivity contribution >= 4 is 0 Å². The lowest BCUT2D eigenvalue weighted by Crippen LogP contribution is -2.41. The molecule has 146 valence electrons. The topological polar surface area (TPSA) is 40.5 Å². The van der Waals surface area contributed by atoms with Crippen LogP contribution in [-0.4, -0.2) is 10.2 Å². The molecule has 1 aliphatic carbocycles. The second kappa shape index (κ2) is 7.22. The second-order valence-corrected chi connectivity index (χ2v) is 9.33. The molecule has 0 radical (unpaired) electrons. The molecule has 2 nitrogen and oxygen atoms in total. The van der Waals surface area contributed by atoms with E-state index in [1.165, 1.54) is 17.5 Å². The van der Waals surface area contributed by atoms with Crippen LogP contribution in [0.1, 0.15) is 76.1 Å². The lowest BCUT2D eigenvalue weighted by atomic mass is 9.55. The molecule has 1 atom stereocenters. The minimum absolute atomic E-state index is 0.0869. The predicted octanol–water partition coefficient (Wildman–Crippen LogP) is 6.35. The molecule has 2 heteroatoms. The van der Waals surface area contributed by atoms with E-state index in [1.54, 1.807) is 0 Å². The molecule has 0 aromatic heterocycles. The Morgan fingerprint density at radius 3 is 1.74 bits per heavy atom. The summed E-state index contributed by atoms with van der Waals surface area (Å²) in [6.45, 7) is 11.3. The summed E-state index contributed by atoms with van der Waals surface area (Å²) < 4.78 is 0. The molecule has 2 N–H and O–H groups in total. The van der Waals surface area contributed by atoms with E-state index < -0.39 is 0 Å². The first-order valence-corrected chi connectivity index (χ1v) is 10.4. The standard InChI is InChI=1S/C25H34O2/c1-6-18-12-20(8-10-22(18)26)25(15-17(3)14-24(4,5)16-25)21-9-11-23(27)19(7-2)13-21/h8-13,17,26-27H,6-7,14-16H2,1-5H3. The molecule has 2 aromatic carbocycles. The van der Waals surface area contributed by atoms with Crippen LogP contribution in [0.3, 0.4) is 0 Å². The van der Waals surface area contributed by atoms with Crippen molar-refractivity contribution in [2.45, 2.75) is 72.1 Å². The number of hydrogen-bond donors (Lipinski definition) is 2. The lowest BCUT2D eigenvalue weighted by molar-refractivity contribution is 0.126. The largest absolute Gasteiger partial charge is 0.508 e. The maximum Gasteiger partial charge on any atom is 0.118 e. The first-order valence-electron chi connectivity index (χ1n) is 10.4. The fourth-order valence-corrected chi connectivity index (χ4v) is 5.51. The maximum absolute atomic E-state index is 10.2. The maximum atomic E-state index is 10.2. The van der Waals surface area contributed by atoms with Gasteiger partial charge in [-0.25, -0.2) is 0 Å². The molecule has 3 rings (SSSR count). The molecule has 0 bridgehead atoms. The molecule has 0 saturated heterocycles. The second-order valence-electron chi connectivity index (χ2n) is 9.33. The van der Waals surface area contributed by atoms with Gasteiger partial charge in [-0.2, -0.15) is 0 Å². The van der Waals surface area contributed by atoms with Crippen LogP contribution in [0.25, 0.3) is 0 Å². The van der Waals surface area contributed by atoms with E-state index in [2.05, 4.69) is 58.9 Å². The van der Waals surface area contributed by atoms with Gasteiger partial charge in [0.1, 0.15) is 11.5 Å². The molecule has 0 spiro atoms. The van der Waals surface area contributed by atoms with Gasteiger partial charge in [-0.3, -0.25) is 0 Å². The fourth-order valence-electron chi connectivity index (χ4n) is 5.51. The van der Waals surface area contributed by atoms with E-state index in [9.17, 15) is 10.2 Å². The smallest absolute Gasteiger partial charge is 0.118 e. The van der Waals surface area contributed by atoms with Crippen LogP contribution in [0.4, 0.5) is 0 Å². The summed E-state index contributed by atoms with van der Waals surface area (Å²) in [4.78, 5) is 0. The summed E-state index contributed by atoms with van der Waals surface area (Å²) in [5, 5.41) is 20.5. The number of phenols is 2. The molecule has 1 aliphatic rings. The van der Waals surface area contributed by atoms with Crippen molar-refractivity contribution < 1.29 is 10.2 Å². The molecule has 1 saturated carbocycles. The molecular formula is C25H34O2. The summed E-state index contributed by atoms with van der Waals surface area (Å²) in [5.41, 5.74) is 4.77. The van der Waals surface area contributed by atoms with Gasteiger partial charge in [0.15, 0.2) is 0 Å². The molecule has 1 unspecified atom stereocenters. The van der Waals surface area contributed by atoms with Gasteiger partial charge in [0.2, 0.25) is 0 Å². The molecule has 0 heterocycles. The van der Waals surface area contributed by atoms with E-state index in [1.807, 2.05) is 12.1 Å². The Hall–Kier alpha value is -1.96. The van der Waals surface area contributed by atoms with Gasteiger partial charge < -0.3 is 10.2 Å². The Morgan fingerprint density at radius 1 is 0.852 bits per heavy atom. The molecular weight excluding hydrogens is 332 g/mol. The van der Waals surface area contributed by atoms with Crippen molar-refractivity contribution in [3.63, 3.8) is 0 Å². The summed E-state index contributed by atoms with van der Waals surface area (Å²) in [5.74, 6) is 1.39. The lowest BCUT2D eigenvalue weighted by Gasteiger charge is -2.49. The SMILES string of the molecule is CCc1cc(C2(c3ccc(O)c(CC)c3)CC(C)CC(C)(C)C2)ccc1O. The highest BCUT2D eigenvalue weighted by Crippen LogP contribution is 2.54. The Labute approximate surface area is 164 Å². The number of hydrogen-bond acceptors (Lipinski definition) is 2. The third-order valence-electron chi connectivity index (χ3n) is 6.40. The van der Waals surface area contributed by atoms with Gasteiger partial charge in [-0.05, 0) is 77.8 Å². The Balaban J connectivity index is 2.24. The van der Waals surface area contributed by atoms with Crippen LogP contribution >= 0.6 is 0 Å². The van der Waals surface area contributed by atoms with Crippen molar-refractivity contribution in [1.29, 1.82) is 0 Å². The van der Waals surface area contributed by atoms with E-state index >= 15 is 0 Å². The Kier molecular flexibility index (Phi) is 5.29. The zero-order valence-electron chi connectivity index (χ0n) is 17.5. The van der Waals surface area contributed by atoms with Crippen LogP contribution in [0, 0.1) is 11.3 Å². The summed E-state index contributed by atoms with van der Waals surface area (Å²) >= 11 is 0. The Morgan fingerprint density at radius 2 is 1.33 bits per heavy atom. The number of benzene rings is 2. The van der Waals surface area contributed by atoms with Crippen LogP contribution < -0.4 is 0 Å². The number of phenolic OH excluding ortho intramolecular Hbond substituents is 2. The zero-order valence-corrected chi connectivity index (χ0v) is 17.5. The average molecular weight is 367 g/mol. The van der Waals surface area contributed by atoms with Crippen LogP contribution in [0.15, 0.2) is 36.4 Å². The first kappa shape index (κ1) is 19.8. The van der Waals surface area contributed by atoms with Crippen LogP contribution in [0.2, 0.25) is 0 Å². The minimum Gasteiger partial charge on any atom is -0.508 e.